The molecule has 0 aliphatic carbocycles. The Kier molecular flexibility index (Phi) is 3.62. The molecular formula is C13H12BrN3O. The Labute approximate surface area is 113 Å². The van der Waals surface area contributed by atoms with Gasteiger partial charge >= 0.3 is 0 Å². The van der Waals surface area contributed by atoms with Gasteiger partial charge in [0.15, 0.2) is 0 Å². The van der Waals surface area contributed by atoms with Crippen LogP contribution in [-0.2, 0) is 0 Å². The number of carbonyl (C=O) groups is 1. The molecule has 1 heterocycles. The SMILES string of the molecule is Cc1cccc(C(=O)Nc2ccc(Br)c(N)c2)n1. The summed E-state index contributed by atoms with van der Waals surface area (Å²) in [7, 11) is 0. The summed E-state index contributed by atoms with van der Waals surface area (Å²) in [6, 6.07) is 10.6. The molecule has 2 aromatic rings. The van der Waals surface area contributed by atoms with Crippen molar-refractivity contribution in [2.75, 3.05) is 11.1 Å². The van der Waals surface area contributed by atoms with Crippen molar-refractivity contribution in [3.63, 3.8) is 0 Å². The molecule has 3 N–H and O–H groups in total. The lowest BCUT2D eigenvalue weighted by molar-refractivity contribution is 0.102. The van der Waals surface area contributed by atoms with Gasteiger partial charge in [0.1, 0.15) is 5.69 Å². The summed E-state index contributed by atoms with van der Waals surface area (Å²) in [5.41, 5.74) is 8.15. The van der Waals surface area contributed by atoms with E-state index in [0.29, 0.717) is 17.1 Å². The van der Waals surface area contributed by atoms with Gasteiger partial charge in [0.05, 0.1) is 0 Å². The molecule has 0 spiro atoms. The topological polar surface area (TPSA) is 68.0 Å². The third kappa shape index (κ3) is 2.87. The predicted octanol–water partition coefficient (Wildman–Crippen LogP) is 2.99. The van der Waals surface area contributed by atoms with Gasteiger partial charge in [0.25, 0.3) is 5.91 Å². The lowest BCUT2D eigenvalue weighted by Gasteiger charge is -2.06. The van der Waals surface area contributed by atoms with Crippen molar-refractivity contribution in [1.29, 1.82) is 0 Å². The maximum absolute atomic E-state index is 11.9. The molecule has 5 heteroatoms. The zero-order valence-electron chi connectivity index (χ0n) is 9.77. The molecule has 0 bridgehead atoms. The van der Waals surface area contributed by atoms with Gasteiger partial charge < -0.3 is 11.1 Å². The predicted molar refractivity (Wildman–Crippen MR) is 75.5 cm³/mol. The highest BCUT2D eigenvalue weighted by atomic mass is 79.9. The van der Waals surface area contributed by atoms with Crippen LogP contribution in [-0.4, -0.2) is 10.9 Å². The summed E-state index contributed by atoms with van der Waals surface area (Å²) in [5, 5.41) is 2.75. The molecule has 0 unspecified atom stereocenters. The minimum absolute atomic E-state index is 0.250. The zero-order chi connectivity index (χ0) is 13.1. The van der Waals surface area contributed by atoms with Gasteiger partial charge in [-0.1, -0.05) is 6.07 Å². The molecule has 0 saturated heterocycles. The molecule has 92 valence electrons. The number of nitrogens with one attached hydrogen (secondary N) is 1. The van der Waals surface area contributed by atoms with E-state index in [0.717, 1.165) is 10.2 Å². The molecule has 0 radical (unpaired) electrons. The highest BCUT2D eigenvalue weighted by molar-refractivity contribution is 9.10. The van der Waals surface area contributed by atoms with E-state index in [-0.39, 0.29) is 5.91 Å². The number of carbonyl (C=O) groups excluding carboxylic acids is 1. The molecule has 1 amide bonds. The van der Waals surface area contributed by atoms with Crippen molar-refractivity contribution >= 4 is 33.2 Å². The second kappa shape index (κ2) is 5.18. The fraction of sp³-hybridized carbons (Fsp3) is 0.0769. The summed E-state index contributed by atoms with van der Waals surface area (Å²) >= 11 is 3.30. The fourth-order valence-corrected chi connectivity index (χ4v) is 1.73. The van der Waals surface area contributed by atoms with E-state index < -0.39 is 0 Å². The Bertz CT molecular complexity index is 599. The van der Waals surface area contributed by atoms with Crippen molar-refractivity contribution in [2.24, 2.45) is 0 Å². The zero-order valence-corrected chi connectivity index (χ0v) is 11.4. The normalized spacial score (nSPS) is 10.1. The van der Waals surface area contributed by atoms with Gasteiger partial charge in [-0.15, -0.1) is 0 Å². The van der Waals surface area contributed by atoms with E-state index >= 15 is 0 Å². The quantitative estimate of drug-likeness (QED) is 0.838. The summed E-state index contributed by atoms with van der Waals surface area (Å²) in [5.74, 6) is -0.250. The van der Waals surface area contributed by atoms with E-state index in [1.165, 1.54) is 0 Å². The Morgan fingerprint density at radius 1 is 1.33 bits per heavy atom. The lowest BCUT2D eigenvalue weighted by atomic mass is 10.2. The first-order chi connectivity index (χ1) is 8.56. The van der Waals surface area contributed by atoms with E-state index in [1.54, 1.807) is 30.3 Å². The Balaban J connectivity index is 2.18. The number of aromatic nitrogens is 1. The second-order valence-electron chi connectivity index (χ2n) is 3.85. The second-order valence-corrected chi connectivity index (χ2v) is 4.71. The minimum atomic E-state index is -0.250. The highest BCUT2D eigenvalue weighted by Crippen LogP contribution is 2.23. The Morgan fingerprint density at radius 3 is 2.78 bits per heavy atom. The Hall–Kier alpha value is -1.88. The lowest BCUT2D eigenvalue weighted by Crippen LogP contribution is -2.14. The number of rotatable bonds is 2. The molecule has 0 fully saturated rings. The van der Waals surface area contributed by atoms with Crippen LogP contribution in [0.25, 0.3) is 0 Å². The molecule has 4 nitrogen and oxygen atoms in total. The van der Waals surface area contributed by atoms with Crippen LogP contribution in [0.15, 0.2) is 40.9 Å². The number of nitrogen functional groups attached to an aromatic ring is 1. The minimum Gasteiger partial charge on any atom is -0.398 e. The number of nitrogens with two attached hydrogens (primary N) is 1. The van der Waals surface area contributed by atoms with Crippen molar-refractivity contribution in [3.05, 3.63) is 52.3 Å². The van der Waals surface area contributed by atoms with Crippen LogP contribution < -0.4 is 11.1 Å². The van der Waals surface area contributed by atoms with E-state index in [1.807, 2.05) is 13.0 Å². The molecule has 1 aromatic heterocycles. The van der Waals surface area contributed by atoms with E-state index in [2.05, 4.69) is 26.2 Å². The number of halogens is 1. The van der Waals surface area contributed by atoms with Gasteiger partial charge in [0.2, 0.25) is 0 Å². The number of benzene rings is 1. The smallest absolute Gasteiger partial charge is 0.274 e. The molecule has 0 atom stereocenters. The van der Waals surface area contributed by atoms with Gasteiger partial charge in [0, 0.05) is 21.5 Å². The van der Waals surface area contributed by atoms with Crippen molar-refractivity contribution < 1.29 is 4.79 Å². The standard InChI is InChI=1S/C13H12BrN3O/c1-8-3-2-4-12(16-8)13(18)17-9-5-6-10(14)11(15)7-9/h2-7H,15H2,1H3,(H,17,18). The summed E-state index contributed by atoms with van der Waals surface area (Å²) < 4.78 is 0.800. The number of hydrogen-bond acceptors (Lipinski definition) is 3. The molecule has 1 aromatic carbocycles. The first-order valence-electron chi connectivity index (χ1n) is 5.36. The summed E-state index contributed by atoms with van der Waals surface area (Å²) in [6.07, 6.45) is 0. The van der Waals surface area contributed by atoms with E-state index in [4.69, 9.17) is 5.73 Å². The maximum atomic E-state index is 11.9. The van der Waals surface area contributed by atoms with Crippen LogP contribution in [0.1, 0.15) is 16.2 Å². The molecule has 0 aliphatic heterocycles. The highest BCUT2D eigenvalue weighted by Gasteiger charge is 2.08. The van der Waals surface area contributed by atoms with Crippen LogP contribution in [0, 0.1) is 6.92 Å². The number of hydrogen-bond donors (Lipinski definition) is 2. The number of amides is 1. The van der Waals surface area contributed by atoms with Crippen molar-refractivity contribution in [1.82, 2.24) is 4.98 Å². The van der Waals surface area contributed by atoms with E-state index in [9.17, 15) is 4.79 Å². The third-order valence-corrected chi connectivity index (χ3v) is 3.10. The number of pyridine rings is 1. The summed E-state index contributed by atoms with van der Waals surface area (Å²) in [6.45, 7) is 1.84. The average Bonchev–Trinajstić information content (AvgIpc) is 2.34. The average molecular weight is 306 g/mol. The first kappa shape index (κ1) is 12.6. The van der Waals surface area contributed by atoms with Crippen LogP contribution in [0.4, 0.5) is 11.4 Å². The summed E-state index contributed by atoms with van der Waals surface area (Å²) in [4.78, 5) is 16.1. The molecule has 0 aliphatic rings. The molecule has 2 rings (SSSR count). The first-order valence-corrected chi connectivity index (χ1v) is 6.15. The third-order valence-electron chi connectivity index (χ3n) is 2.37. The Morgan fingerprint density at radius 2 is 2.11 bits per heavy atom. The molecule has 0 saturated carbocycles. The van der Waals surface area contributed by atoms with Gasteiger partial charge in [-0.25, -0.2) is 4.98 Å². The van der Waals surface area contributed by atoms with Gasteiger partial charge in [-0.05, 0) is 53.2 Å². The molecular weight excluding hydrogens is 294 g/mol. The number of aryl methyl sites for hydroxylation is 1. The maximum Gasteiger partial charge on any atom is 0.274 e. The number of nitrogens with zero attached hydrogens (tertiary/aromatic N) is 1. The number of anilines is 2. The van der Waals surface area contributed by atoms with Crippen LogP contribution in [0.3, 0.4) is 0 Å². The fourth-order valence-electron chi connectivity index (χ4n) is 1.49. The van der Waals surface area contributed by atoms with Crippen LogP contribution >= 0.6 is 15.9 Å². The van der Waals surface area contributed by atoms with Crippen molar-refractivity contribution in [2.45, 2.75) is 6.92 Å². The van der Waals surface area contributed by atoms with Gasteiger partial charge in [-0.2, -0.15) is 0 Å². The largest absolute Gasteiger partial charge is 0.398 e. The van der Waals surface area contributed by atoms with Crippen molar-refractivity contribution in [3.8, 4) is 0 Å². The molecule has 18 heavy (non-hydrogen) atoms. The van der Waals surface area contributed by atoms with Crippen LogP contribution in [0.5, 0.6) is 0 Å². The monoisotopic (exact) mass is 305 g/mol. The van der Waals surface area contributed by atoms with Crippen LogP contribution in [0.2, 0.25) is 0 Å². The van der Waals surface area contributed by atoms with Gasteiger partial charge in [-0.3, -0.25) is 4.79 Å².